The van der Waals surface area contributed by atoms with Gasteiger partial charge in [0.1, 0.15) is 0 Å². The van der Waals surface area contributed by atoms with E-state index in [1.807, 2.05) is 0 Å². The molecule has 0 atom stereocenters. The number of nitrogens with zero attached hydrogens (tertiary/aromatic N) is 2. The Balaban J connectivity index is 0.00000924. The minimum Gasteiger partial charge on any atom is -1.00 e. The van der Waals surface area contributed by atoms with Crippen LogP contribution in [0.3, 0.4) is 0 Å². The minimum atomic E-state index is 0. The highest BCUT2D eigenvalue weighted by atomic mass is 79.9. The molecule has 0 spiro atoms. The predicted octanol–water partition coefficient (Wildman–Crippen LogP) is 5.62. The van der Waals surface area contributed by atoms with Crippen molar-refractivity contribution >= 4 is 0 Å². The van der Waals surface area contributed by atoms with Crippen LogP contribution in [0.25, 0.3) is 0 Å². The summed E-state index contributed by atoms with van der Waals surface area (Å²) in [6.45, 7) is 15.8. The fourth-order valence-electron chi connectivity index (χ4n) is 8.12. The third-order valence-electron chi connectivity index (χ3n) is 11.0. The molecule has 0 N–H and O–H groups in total. The van der Waals surface area contributed by atoms with Crippen LogP contribution in [0.15, 0.2) is 0 Å². The third-order valence-corrected chi connectivity index (χ3v) is 11.0. The van der Waals surface area contributed by atoms with Crippen LogP contribution in [0.2, 0.25) is 0 Å². The lowest BCUT2D eigenvalue weighted by atomic mass is 10.1. The summed E-state index contributed by atoms with van der Waals surface area (Å²) < 4.78 is 2.79. The van der Waals surface area contributed by atoms with Crippen LogP contribution in [0.5, 0.6) is 0 Å². The van der Waals surface area contributed by atoms with E-state index < -0.39 is 0 Å². The van der Waals surface area contributed by atoms with Crippen LogP contribution < -0.4 is 34.0 Å². The van der Waals surface area contributed by atoms with Crippen LogP contribution in [-0.2, 0) is 0 Å². The molecule has 0 aliphatic carbocycles. The molecule has 2 saturated heterocycles. The summed E-state index contributed by atoms with van der Waals surface area (Å²) >= 11 is 0. The zero-order chi connectivity index (χ0) is 29.9. The van der Waals surface area contributed by atoms with Crippen LogP contribution in [0, 0.1) is 11.8 Å². The molecule has 2 aliphatic rings. The molecule has 0 aromatic rings. The predicted molar refractivity (Wildman–Crippen MR) is 188 cm³/mol. The van der Waals surface area contributed by atoms with Crippen LogP contribution in [-0.4, -0.2) is 61.3 Å². The smallest absolute Gasteiger partial charge is 0.0897 e. The normalized spacial score (nSPS) is 16.7. The maximum absolute atomic E-state index is 3.66. The number of halogens is 2. The van der Waals surface area contributed by atoms with Crippen molar-refractivity contribution in [2.45, 2.75) is 194 Å². The quantitative estimate of drug-likeness (QED) is 0.0555. The standard InChI is InChI=1S/C40H78N2.2BrH/c1-3-5-7-9-11-13-15-17-19-21-25-33-41(37-29-30-38-41)35-27-23-24-28-36-42(39-31-32-40-42)34-26-22-20-18-16-14-12-10-8-6-4-2;;/h3-22,25-40H2,1-2H3;2*1H/q+2;;/p-2. The van der Waals surface area contributed by atoms with Crippen LogP contribution in [0.1, 0.15) is 194 Å². The molecule has 4 heteroatoms. The Morgan fingerprint density at radius 1 is 0.341 bits per heavy atom. The number of likely N-dealkylation sites (tertiary alicyclic amines) is 2. The van der Waals surface area contributed by atoms with Gasteiger partial charge in [0, 0.05) is 25.7 Å². The molecule has 0 saturated carbocycles. The number of rotatable bonds is 28. The Hall–Kier alpha value is 0.440. The molecule has 0 aromatic heterocycles. The Kier molecular flexibility index (Phi) is 31.1. The van der Waals surface area contributed by atoms with Gasteiger partial charge in [0.05, 0.1) is 65.2 Å². The summed E-state index contributed by atoms with van der Waals surface area (Å²) in [6, 6.07) is 0. The van der Waals surface area contributed by atoms with Gasteiger partial charge < -0.3 is 42.9 Å². The van der Waals surface area contributed by atoms with Crippen LogP contribution >= 0.6 is 0 Å². The number of unbranched alkanes of at least 4 members (excludes halogenated alkanes) is 20. The molecule has 2 heterocycles. The van der Waals surface area contributed by atoms with Gasteiger partial charge in [-0.1, -0.05) is 141 Å². The summed E-state index contributed by atoms with van der Waals surface area (Å²) in [5.41, 5.74) is 0. The molecule has 44 heavy (non-hydrogen) atoms. The first-order valence-electron chi connectivity index (χ1n) is 19.9. The first-order chi connectivity index (χ1) is 20.7. The molecule has 2 nitrogen and oxygen atoms in total. The van der Waals surface area contributed by atoms with E-state index in [2.05, 4.69) is 25.7 Å². The highest BCUT2D eigenvalue weighted by Gasteiger charge is 2.31. The fourth-order valence-corrected chi connectivity index (χ4v) is 8.12. The zero-order valence-corrected chi connectivity index (χ0v) is 33.3. The molecule has 2 rings (SSSR count). The summed E-state index contributed by atoms with van der Waals surface area (Å²) in [4.78, 5) is 0. The Morgan fingerprint density at radius 3 is 0.864 bits per heavy atom. The molecule has 262 valence electrons. The van der Waals surface area contributed by atoms with Crippen molar-refractivity contribution < 1.29 is 42.9 Å². The van der Waals surface area contributed by atoms with Crippen molar-refractivity contribution in [2.24, 2.45) is 0 Å². The Bertz CT molecular complexity index is 604. The molecular formula is C40H78Br2N2. The monoisotopic (exact) mass is 744 g/mol. The van der Waals surface area contributed by atoms with E-state index in [4.69, 9.17) is 0 Å². The highest BCUT2D eigenvalue weighted by Crippen LogP contribution is 2.23. The lowest BCUT2D eigenvalue weighted by Gasteiger charge is -2.34. The van der Waals surface area contributed by atoms with E-state index in [0.29, 0.717) is 0 Å². The van der Waals surface area contributed by atoms with Gasteiger partial charge in [0.15, 0.2) is 0 Å². The Labute approximate surface area is 299 Å². The second-order valence-corrected chi connectivity index (χ2v) is 14.8. The zero-order valence-electron chi connectivity index (χ0n) is 30.1. The van der Waals surface area contributed by atoms with E-state index in [1.165, 1.54) is 228 Å². The molecule has 0 aromatic carbocycles. The average molecular weight is 747 g/mol. The lowest BCUT2D eigenvalue weighted by molar-refractivity contribution is -0.916. The maximum Gasteiger partial charge on any atom is 0.0897 e. The second-order valence-electron chi connectivity index (χ2n) is 14.8. The van der Waals surface area contributed by atoms with Crippen LogP contribution in [0.4, 0.5) is 0 Å². The lowest BCUT2D eigenvalue weighted by Crippen LogP contribution is -3.00. The van der Waals surface area contributed by atoms with Gasteiger partial charge in [-0.15, -0.1) is 0 Å². The number of hydrogen-bond donors (Lipinski definition) is 0. The second kappa shape index (κ2) is 30.8. The molecule has 0 radical (unpaired) electrons. The average Bonchev–Trinajstić information content (AvgIpc) is 3.67. The summed E-state index contributed by atoms with van der Waals surface area (Å²) in [6.07, 6.45) is 40.1. The molecule has 2 fully saturated rings. The Morgan fingerprint density at radius 2 is 0.591 bits per heavy atom. The van der Waals surface area contributed by atoms with Crippen molar-refractivity contribution in [1.82, 2.24) is 0 Å². The van der Waals surface area contributed by atoms with E-state index in [0.717, 1.165) is 12.8 Å². The molecule has 0 bridgehead atoms. The SMILES string of the molecule is CCCCCCCCCCCCC[N+]1(CCC#CCC[N+]2(CCCCCCCCCCCCC)CCCC2)CCCC1.[Br-].[Br-]. The minimum absolute atomic E-state index is 0. The molecule has 2 aliphatic heterocycles. The highest BCUT2D eigenvalue weighted by molar-refractivity contribution is 4.98. The topological polar surface area (TPSA) is 0 Å². The van der Waals surface area contributed by atoms with Crippen molar-refractivity contribution in [2.75, 3.05) is 52.4 Å². The van der Waals surface area contributed by atoms with E-state index in [9.17, 15) is 0 Å². The van der Waals surface area contributed by atoms with Gasteiger partial charge in [-0.2, -0.15) is 0 Å². The molecule has 0 unspecified atom stereocenters. The molecular weight excluding hydrogens is 668 g/mol. The van der Waals surface area contributed by atoms with E-state index in [-0.39, 0.29) is 34.0 Å². The van der Waals surface area contributed by atoms with Crippen molar-refractivity contribution in [3.63, 3.8) is 0 Å². The van der Waals surface area contributed by atoms with Gasteiger partial charge in [0.2, 0.25) is 0 Å². The first kappa shape index (κ1) is 44.4. The van der Waals surface area contributed by atoms with Crippen molar-refractivity contribution in [3.8, 4) is 11.8 Å². The summed E-state index contributed by atoms with van der Waals surface area (Å²) in [7, 11) is 0. The fraction of sp³-hybridized carbons (Fsp3) is 0.950. The first-order valence-corrected chi connectivity index (χ1v) is 19.9. The van der Waals surface area contributed by atoms with Gasteiger partial charge in [-0.3, -0.25) is 0 Å². The van der Waals surface area contributed by atoms with E-state index in [1.54, 1.807) is 0 Å². The van der Waals surface area contributed by atoms with Crippen molar-refractivity contribution in [1.29, 1.82) is 0 Å². The summed E-state index contributed by atoms with van der Waals surface area (Å²) in [5, 5.41) is 0. The van der Waals surface area contributed by atoms with Gasteiger partial charge >= 0.3 is 0 Å². The maximum atomic E-state index is 3.66. The number of hydrogen-bond acceptors (Lipinski definition) is 0. The van der Waals surface area contributed by atoms with E-state index >= 15 is 0 Å². The van der Waals surface area contributed by atoms with Gasteiger partial charge in [0.25, 0.3) is 0 Å². The van der Waals surface area contributed by atoms with Gasteiger partial charge in [-0.25, -0.2) is 0 Å². The largest absolute Gasteiger partial charge is 1.00 e. The molecule has 0 amide bonds. The number of quaternary nitrogens is 2. The summed E-state index contributed by atoms with van der Waals surface area (Å²) in [5.74, 6) is 7.31. The van der Waals surface area contributed by atoms with Gasteiger partial charge in [-0.05, 0) is 25.7 Å². The van der Waals surface area contributed by atoms with Crippen molar-refractivity contribution in [3.05, 3.63) is 0 Å². The third kappa shape index (κ3) is 22.1.